The number of halogens is 3. The topological polar surface area (TPSA) is 46.0 Å². The highest BCUT2D eigenvalue weighted by Gasteiger charge is 2.39. The lowest BCUT2D eigenvalue weighted by atomic mass is 10.2. The van der Waals surface area contributed by atoms with Crippen molar-refractivity contribution in [2.45, 2.75) is 32.2 Å². The third-order valence-electron chi connectivity index (χ3n) is 3.16. The summed E-state index contributed by atoms with van der Waals surface area (Å²) in [6.07, 6.45) is -4.43. The zero-order valence-electron chi connectivity index (χ0n) is 10.3. The molecule has 2 rings (SSSR count). The number of aromatic nitrogens is 3. The minimum Gasteiger partial charge on any atom is -0.318 e. The van der Waals surface area contributed by atoms with Crippen molar-refractivity contribution < 1.29 is 13.2 Å². The zero-order chi connectivity index (χ0) is 13.3. The van der Waals surface area contributed by atoms with Crippen molar-refractivity contribution >= 4 is 0 Å². The fourth-order valence-corrected chi connectivity index (χ4v) is 2.19. The van der Waals surface area contributed by atoms with E-state index >= 15 is 0 Å². The number of hydrogen-bond acceptors (Lipinski definition) is 4. The van der Waals surface area contributed by atoms with Crippen LogP contribution >= 0.6 is 0 Å². The average molecular weight is 263 g/mol. The Morgan fingerprint density at radius 3 is 2.67 bits per heavy atom. The Kier molecular flexibility index (Phi) is 3.58. The standard InChI is InChI=1S/C10H16F3N5/c1-7(5-14-2)17-3-4-18-8(6-17)15-16-9(18)10(11,12)13/h7,14H,3-6H2,1-2H3. The monoisotopic (exact) mass is 263 g/mol. The zero-order valence-corrected chi connectivity index (χ0v) is 10.3. The van der Waals surface area contributed by atoms with Gasteiger partial charge in [-0.25, -0.2) is 0 Å². The molecule has 0 aliphatic carbocycles. The summed E-state index contributed by atoms with van der Waals surface area (Å²) >= 11 is 0. The van der Waals surface area contributed by atoms with Crippen LogP contribution in [-0.2, 0) is 19.3 Å². The molecule has 1 aliphatic heterocycles. The van der Waals surface area contributed by atoms with Crippen LogP contribution in [0.15, 0.2) is 0 Å². The van der Waals surface area contributed by atoms with Gasteiger partial charge in [-0.2, -0.15) is 13.2 Å². The summed E-state index contributed by atoms with van der Waals surface area (Å²) in [6, 6.07) is 0.259. The second-order valence-corrected chi connectivity index (χ2v) is 4.47. The Morgan fingerprint density at radius 1 is 1.33 bits per heavy atom. The fraction of sp³-hybridized carbons (Fsp3) is 0.800. The molecule has 18 heavy (non-hydrogen) atoms. The van der Waals surface area contributed by atoms with Gasteiger partial charge in [0.2, 0.25) is 5.82 Å². The van der Waals surface area contributed by atoms with Crippen molar-refractivity contribution in [3.8, 4) is 0 Å². The highest BCUT2D eigenvalue weighted by atomic mass is 19.4. The summed E-state index contributed by atoms with van der Waals surface area (Å²) in [4.78, 5) is 2.10. The summed E-state index contributed by atoms with van der Waals surface area (Å²) in [5, 5.41) is 9.96. The molecule has 0 amide bonds. The molecule has 2 heterocycles. The van der Waals surface area contributed by atoms with Gasteiger partial charge in [-0.05, 0) is 14.0 Å². The largest absolute Gasteiger partial charge is 0.451 e. The first-order chi connectivity index (χ1) is 8.43. The maximum absolute atomic E-state index is 12.6. The lowest BCUT2D eigenvalue weighted by Crippen LogP contribution is -2.44. The lowest BCUT2D eigenvalue weighted by molar-refractivity contribution is -0.148. The molecule has 0 aromatic carbocycles. The molecule has 1 aromatic heterocycles. The van der Waals surface area contributed by atoms with Crippen molar-refractivity contribution in [2.75, 3.05) is 20.1 Å². The quantitative estimate of drug-likeness (QED) is 0.873. The van der Waals surface area contributed by atoms with Crippen LogP contribution in [0.25, 0.3) is 0 Å². The number of likely N-dealkylation sites (N-methyl/N-ethyl adjacent to an activating group) is 1. The van der Waals surface area contributed by atoms with Crippen LogP contribution in [0.1, 0.15) is 18.6 Å². The fourth-order valence-electron chi connectivity index (χ4n) is 2.19. The Labute approximate surface area is 103 Å². The van der Waals surface area contributed by atoms with E-state index in [1.165, 1.54) is 4.57 Å². The van der Waals surface area contributed by atoms with E-state index in [0.717, 1.165) is 6.54 Å². The Morgan fingerprint density at radius 2 is 2.06 bits per heavy atom. The second kappa shape index (κ2) is 4.85. The lowest BCUT2D eigenvalue weighted by Gasteiger charge is -2.32. The highest BCUT2D eigenvalue weighted by molar-refractivity contribution is 5.02. The maximum atomic E-state index is 12.6. The molecule has 1 atom stereocenters. The van der Waals surface area contributed by atoms with Crippen molar-refractivity contribution in [3.05, 3.63) is 11.6 Å². The van der Waals surface area contributed by atoms with E-state index < -0.39 is 12.0 Å². The molecule has 8 heteroatoms. The number of rotatable bonds is 3. The number of nitrogens with one attached hydrogen (secondary N) is 1. The third-order valence-corrected chi connectivity index (χ3v) is 3.16. The van der Waals surface area contributed by atoms with Crippen LogP contribution < -0.4 is 5.32 Å². The summed E-state index contributed by atoms with van der Waals surface area (Å²) in [5.74, 6) is -0.505. The van der Waals surface area contributed by atoms with Gasteiger partial charge in [0.15, 0.2) is 0 Å². The van der Waals surface area contributed by atoms with Crippen molar-refractivity contribution in [1.82, 2.24) is 25.0 Å². The van der Waals surface area contributed by atoms with Gasteiger partial charge in [-0.15, -0.1) is 10.2 Å². The molecule has 1 unspecified atom stereocenters. The van der Waals surface area contributed by atoms with Crippen molar-refractivity contribution in [1.29, 1.82) is 0 Å². The summed E-state index contributed by atoms with van der Waals surface area (Å²) in [5.41, 5.74) is 0. The van der Waals surface area contributed by atoms with E-state index in [1.807, 2.05) is 14.0 Å². The molecule has 5 nitrogen and oxygen atoms in total. The molecular weight excluding hydrogens is 247 g/mol. The number of hydrogen-bond donors (Lipinski definition) is 1. The predicted molar refractivity (Wildman–Crippen MR) is 58.8 cm³/mol. The van der Waals surface area contributed by atoms with E-state index in [9.17, 15) is 13.2 Å². The first-order valence-electron chi connectivity index (χ1n) is 5.81. The van der Waals surface area contributed by atoms with Crippen LogP contribution in [0.3, 0.4) is 0 Å². The molecule has 0 radical (unpaired) electrons. The van der Waals surface area contributed by atoms with Gasteiger partial charge < -0.3 is 9.88 Å². The molecule has 1 aromatic rings. The molecule has 0 saturated carbocycles. The van der Waals surface area contributed by atoms with Crippen LogP contribution in [0.2, 0.25) is 0 Å². The van der Waals surface area contributed by atoms with Gasteiger partial charge in [0, 0.05) is 25.7 Å². The Bertz CT molecular complexity index is 414. The number of fused-ring (bicyclic) bond motifs is 1. The number of nitrogens with zero attached hydrogens (tertiary/aromatic N) is 4. The first-order valence-corrected chi connectivity index (χ1v) is 5.81. The molecule has 102 valence electrons. The normalized spacial score (nSPS) is 18.7. The van der Waals surface area contributed by atoms with Crippen molar-refractivity contribution in [3.63, 3.8) is 0 Å². The van der Waals surface area contributed by atoms with Gasteiger partial charge in [-0.3, -0.25) is 4.90 Å². The van der Waals surface area contributed by atoms with E-state index in [4.69, 9.17) is 0 Å². The van der Waals surface area contributed by atoms with Crippen LogP contribution in [-0.4, -0.2) is 45.8 Å². The maximum Gasteiger partial charge on any atom is 0.451 e. The summed E-state index contributed by atoms with van der Waals surface area (Å²) < 4.78 is 39.1. The molecule has 1 aliphatic rings. The smallest absolute Gasteiger partial charge is 0.318 e. The van der Waals surface area contributed by atoms with E-state index in [1.54, 1.807) is 0 Å². The minimum absolute atomic E-state index is 0.259. The SMILES string of the molecule is CNCC(C)N1CCn2c(nnc2C(F)(F)F)C1. The van der Waals surface area contributed by atoms with E-state index in [0.29, 0.717) is 18.9 Å². The number of alkyl halides is 3. The molecule has 0 spiro atoms. The van der Waals surface area contributed by atoms with Gasteiger partial charge in [0.25, 0.3) is 0 Å². The van der Waals surface area contributed by atoms with E-state index in [2.05, 4.69) is 20.4 Å². The molecular formula is C10H16F3N5. The van der Waals surface area contributed by atoms with Gasteiger partial charge in [-0.1, -0.05) is 0 Å². The third kappa shape index (κ3) is 2.49. The summed E-state index contributed by atoms with van der Waals surface area (Å²) in [7, 11) is 1.85. The minimum atomic E-state index is -4.43. The highest BCUT2D eigenvalue weighted by Crippen LogP contribution is 2.29. The van der Waals surface area contributed by atoms with Gasteiger partial charge >= 0.3 is 6.18 Å². The van der Waals surface area contributed by atoms with Crippen LogP contribution in [0, 0.1) is 0 Å². The molecule has 0 saturated heterocycles. The van der Waals surface area contributed by atoms with Crippen molar-refractivity contribution in [2.24, 2.45) is 0 Å². The molecule has 0 fully saturated rings. The second-order valence-electron chi connectivity index (χ2n) is 4.47. The Balaban J connectivity index is 2.15. The van der Waals surface area contributed by atoms with Gasteiger partial charge in [0.05, 0.1) is 6.54 Å². The van der Waals surface area contributed by atoms with Crippen LogP contribution in [0.4, 0.5) is 13.2 Å². The Hall–Kier alpha value is -1.15. The van der Waals surface area contributed by atoms with Gasteiger partial charge in [0.1, 0.15) is 5.82 Å². The van der Waals surface area contributed by atoms with E-state index in [-0.39, 0.29) is 12.6 Å². The average Bonchev–Trinajstić information content (AvgIpc) is 2.71. The summed E-state index contributed by atoms with van der Waals surface area (Å²) in [6.45, 7) is 4.10. The first kappa shape index (κ1) is 13.3. The predicted octanol–water partition coefficient (Wildman–Crippen LogP) is 0.720. The molecule has 0 bridgehead atoms. The molecule has 1 N–H and O–H groups in total. The van der Waals surface area contributed by atoms with Crippen LogP contribution in [0.5, 0.6) is 0 Å².